The number of nitrogen functional groups attached to an aromatic ring is 1. The molecule has 2 aromatic heterocycles. The van der Waals surface area contributed by atoms with Crippen LogP contribution in [-0.4, -0.2) is 12.3 Å². The summed E-state index contributed by atoms with van der Waals surface area (Å²) >= 11 is 7.54. The first kappa shape index (κ1) is 13.9. The Morgan fingerprint density at radius 3 is 2.86 bits per heavy atom. The van der Waals surface area contributed by atoms with E-state index in [1.807, 2.05) is 11.4 Å². The molecule has 2 N–H and O–H groups in total. The van der Waals surface area contributed by atoms with Gasteiger partial charge in [0.1, 0.15) is 17.3 Å². The van der Waals surface area contributed by atoms with Gasteiger partial charge in [-0.1, -0.05) is 16.8 Å². The quantitative estimate of drug-likeness (QED) is 0.773. The zero-order valence-electron chi connectivity index (χ0n) is 10.9. The Morgan fingerprint density at radius 2 is 2.19 bits per heavy atom. The van der Waals surface area contributed by atoms with Gasteiger partial charge in [0, 0.05) is 17.0 Å². The van der Waals surface area contributed by atoms with E-state index in [1.54, 1.807) is 13.2 Å². The summed E-state index contributed by atoms with van der Waals surface area (Å²) in [5.41, 5.74) is 7.51. The third-order valence-electron chi connectivity index (χ3n) is 2.96. The zero-order valence-corrected chi connectivity index (χ0v) is 12.5. The summed E-state index contributed by atoms with van der Waals surface area (Å²) in [6.07, 6.45) is 0. The monoisotopic (exact) mass is 324 g/mol. The minimum atomic E-state index is -0.418. The number of nitrogens with zero attached hydrogens (tertiary/aromatic N) is 1. The van der Waals surface area contributed by atoms with Crippen molar-refractivity contribution >= 4 is 28.8 Å². The molecule has 108 valence electrons. The lowest BCUT2D eigenvalue weighted by atomic mass is 10.0. The van der Waals surface area contributed by atoms with Gasteiger partial charge in [0.15, 0.2) is 0 Å². The molecular formula is C14H10ClFN2O2S. The number of thiophene rings is 1. The fraction of sp³-hybridized carbons (Fsp3) is 0.0714. The van der Waals surface area contributed by atoms with Crippen molar-refractivity contribution in [2.75, 3.05) is 12.8 Å². The second-order valence-corrected chi connectivity index (χ2v) is 5.56. The summed E-state index contributed by atoms with van der Waals surface area (Å²) in [6.45, 7) is 0. The van der Waals surface area contributed by atoms with E-state index in [9.17, 15) is 4.39 Å². The number of benzene rings is 1. The number of methoxy groups -OCH3 is 1. The minimum absolute atomic E-state index is 0.130. The van der Waals surface area contributed by atoms with Crippen LogP contribution in [0.2, 0.25) is 5.02 Å². The van der Waals surface area contributed by atoms with E-state index in [2.05, 4.69) is 5.16 Å². The van der Waals surface area contributed by atoms with Crippen molar-refractivity contribution in [2.45, 2.75) is 0 Å². The normalized spacial score (nSPS) is 10.8. The Kier molecular flexibility index (Phi) is 3.57. The molecule has 0 saturated carbocycles. The van der Waals surface area contributed by atoms with Crippen LogP contribution in [0, 0.1) is 5.82 Å². The molecule has 0 aliphatic rings. The molecule has 21 heavy (non-hydrogen) atoms. The van der Waals surface area contributed by atoms with Gasteiger partial charge in [0.25, 0.3) is 0 Å². The second-order valence-electron chi connectivity index (χ2n) is 4.25. The predicted octanol–water partition coefficient (Wildman–Crippen LogP) is 4.45. The van der Waals surface area contributed by atoms with Crippen LogP contribution in [0.15, 0.2) is 34.2 Å². The van der Waals surface area contributed by atoms with Gasteiger partial charge >= 0.3 is 0 Å². The molecule has 3 rings (SSSR count). The molecular weight excluding hydrogens is 315 g/mol. The summed E-state index contributed by atoms with van der Waals surface area (Å²) in [5.74, 6) is 0.428. The lowest BCUT2D eigenvalue weighted by Gasteiger charge is -2.04. The van der Waals surface area contributed by atoms with Gasteiger partial charge < -0.3 is 15.0 Å². The Labute approximate surface area is 128 Å². The molecule has 3 aromatic rings. The Balaban J connectivity index is 2.17. The fourth-order valence-corrected chi connectivity index (χ4v) is 3.08. The van der Waals surface area contributed by atoms with Gasteiger partial charge in [0.2, 0.25) is 5.88 Å². The number of nitrogens with two attached hydrogens (primary N) is 1. The molecule has 1 aromatic carbocycles. The van der Waals surface area contributed by atoms with Crippen LogP contribution in [-0.2, 0) is 0 Å². The SMILES string of the molecule is COc1csc(-c2noc(N)c2-c2ccc(F)cc2Cl)c1. The van der Waals surface area contributed by atoms with E-state index in [0.717, 1.165) is 4.88 Å². The molecule has 0 spiro atoms. The van der Waals surface area contributed by atoms with Crippen LogP contribution in [0.3, 0.4) is 0 Å². The highest BCUT2D eigenvalue weighted by Crippen LogP contribution is 2.42. The van der Waals surface area contributed by atoms with Crippen molar-refractivity contribution in [3.05, 3.63) is 40.5 Å². The fourth-order valence-electron chi connectivity index (χ4n) is 1.97. The number of anilines is 1. The van der Waals surface area contributed by atoms with Gasteiger partial charge in [-0.3, -0.25) is 0 Å². The summed E-state index contributed by atoms with van der Waals surface area (Å²) in [5, 5.41) is 6.06. The number of rotatable bonds is 3. The van der Waals surface area contributed by atoms with Crippen molar-refractivity contribution in [1.82, 2.24) is 5.16 Å². The number of hydrogen-bond donors (Lipinski definition) is 1. The third-order valence-corrected chi connectivity index (χ3v) is 4.19. The standard InChI is InChI=1S/C14H10ClFN2O2S/c1-19-8-5-11(21-6-8)13-12(14(17)20-18-13)9-3-2-7(16)4-10(9)15/h2-6H,17H2,1H3. The van der Waals surface area contributed by atoms with E-state index in [4.69, 9.17) is 26.6 Å². The van der Waals surface area contributed by atoms with Crippen LogP contribution in [0.4, 0.5) is 10.3 Å². The predicted molar refractivity (Wildman–Crippen MR) is 81.2 cm³/mol. The molecule has 4 nitrogen and oxygen atoms in total. The van der Waals surface area contributed by atoms with Gasteiger partial charge in [-0.15, -0.1) is 11.3 Å². The topological polar surface area (TPSA) is 61.3 Å². The highest BCUT2D eigenvalue weighted by molar-refractivity contribution is 7.13. The third kappa shape index (κ3) is 2.48. The highest BCUT2D eigenvalue weighted by atomic mass is 35.5. The van der Waals surface area contributed by atoms with Crippen LogP contribution >= 0.6 is 22.9 Å². The van der Waals surface area contributed by atoms with Crippen LogP contribution in [0.1, 0.15) is 0 Å². The molecule has 7 heteroatoms. The lowest BCUT2D eigenvalue weighted by Crippen LogP contribution is -1.88. The number of hydrogen-bond acceptors (Lipinski definition) is 5. The van der Waals surface area contributed by atoms with Crippen molar-refractivity contribution < 1.29 is 13.7 Å². The number of aromatic nitrogens is 1. The first-order valence-corrected chi connectivity index (χ1v) is 7.19. The summed E-state index contributed by atoms with van der Waals surface area (Å²) in [6, 6.07) is 5.91. The summed E-state index contributed by atoms with van der Waals surface area (Å²) in [4.78, 5) is 0.822. The minimum Gasteiger partial charge on any atom is -0.496 e. The first-order chi connectivity index (χ1) is 10.1. The highest BCUT2D eigenvalue weighted by Gasteiger charge is 2.21. The second kappa shape index (κ2) is 5.38. The lowest BCUT2D eigenvalue weighted by molar-refractivity contribution is 0.416. The van der Waals surface area contributed by atoms with Crippen molar-refractivity contribution in [3.8, 4) is 27.4 Å². The summed E-state index contributed by atoms with van der Waals surface area (Å²) < 4.78 is 23.4. The van der Waals surface area contributed by atoms with E-state index in [-0.39, 0.29) is 10.9 Å². The molecule has 0 unspecified atom stereocenters. The molecule has 0 aliphatic heterocycles. The van der Waals surface area contributed by atoms with E-state index < -0.39 is 5.82 Å². The van der Waals surface area contributed by atoms with E-state index >= 15 is 0 Å². The molecule has 0 fully saturated rings. The van der Waals surface area contributed by atoms with Gasteiger partial charge in [-0.05, 0) is 18.2 Å². The molecule has 0 radical (unpaired) electrons. The Bertz CT molecular complexity index is 800. The van der Waals surface area contributed by atoms with E-state index in [0.29, 0.717) is 22.6 Å². The molecule has 0 atom stereocenters. The maximum absolute atomic E-state index is 13.2. The maximum Gasteiger partial charge on any atom is 0.230 e. The zero-order chi connectivity index (χ0) is 15.0. The van der Waals surface area contributed by atoms with Crippen molar-refractivity contribution in [2.24, 2.45) is 0 Å². The maximum atomic E-state index is 13.2. The van der Waals surface area contributed by atoms with Crippen LogP contribution in [0.25, 0.3) is 21.7 Å². The molecule has 0 aliphatic carbocycles. The van der Waals surface area contributed by atoms with Crippen molar-refractivity contribution in [3.63, 3.8) is 0 Å². The Hall–Kier alpha value is -2.05. The van der Waals surface area contributed by atoms with Crippen LogP contribution < -0.4 is 10.5 Å². The molecule has 0 saturated heterocycles. The smallest absolute Gasteiger partial charge is 0.230 e. The summed E-state index contributed by atoms with van der Waals surface area (Å²) in [7, 11) is 1.58. The Morgan fingerprint density at radius 1 is 1.38 bits per heavy atom. The number of ether oxygens (including phenoxy) is 1. The average Bonchev–Trinajstić information content (AvgIpc) is 3.06. The first-order valence-electron chi connectivity index (χ1n) is 5.93. The average molecular weight is 325 g/mol. The van der Waals surface area contributed by atoms with Crippen molar-refractivity contribution in [1.29, 1.82) is 0 Å². The molecule has 0 bridgehead atoms. The van der Waals surface area contributed by atoms with Gasteiger partial charge in [0.05, 0.1) is 22.6 Å². The van der Waals surface area contributed by atoms with Gasteiger partial charge in [-0.2, -0.15) is 0 Å². The largest absolute Gasteiger partial charge is 0.496 e. The van der Waals surface area contributed by atoms with E-state index in [1.165, 1.54) is 23.5 Å². The molecule has 0 amide bonds. The molecule has 2 heterocycles. The van der Waals surface area contributed by atoms with Crippen LogP contribution in [0.5, 0.6) is 5.75 Å². The number of halogens is 2. The van der Waals surface area contributed by atoms with Gasteiger partial charge in [-0.25, -0.2) is 4.39 Å².